The van der Waals surface area contributed by atoms with Gasteiger partial charge in [0.2, 0.25) is 0 Å². The monoisotopic (exact) mass is 395 g/mol. The lowest BCUT2D eigenvalue weighted by Gasteiger charge is -2.18. The van der Waals surface area contributed by atoms with Gasteiger partial charge in [0.05, 0.1) is 25.4 Å². The van der Waals surface area contributed by atoms with Crippen LogP contribution in [0.3, 0.4) is 0 Å². The largest absolute Gasteiger partial charge is 0.497 e. The molecule has 29 heavy (non-hydrogen) atoms. The minimum atomic E-state index is -0.573. The van der Waals surface area contributed by atoms with Crippen LogP contribution in [-0.2, 0) is 20.7 Å². The standard InChI is InChI=1S/C23H22FNO4/c1-15-21(23(27)29-3)20(14-17-4-8-18(24)9-5-17)22(26)25(15)13-12-16-6-10-19(28-2)11-7-16/h4-11,14H,12-13H2,1-3H3. The number of ether oxygens (including phenoxy) is 2. The molecule has 0 saturated carbocycles. The summed E-state index contributed by atoms with van der Waals surface area (Å²) in [6.45, 7) is 2.14. The van der Waals surface area contributed by atoms with E-state index in [4.69, 9.17) is 9.47 Å². The summed E-state index contributed by atoms with van der Waals surface area (Å²) in [7, 11) is 2.89. The number of benzene rings is 2. The third kappa shape index (κ3) is 4.37. The summed E-state index contributed by atoms with van der Waals surface area (Å²) in [5.74, 6) is -0.456. The van der Waals surface area contributed by atoms with Crippen LogP contribution in [0, 0.1) is 5.82 Å². The first-order valence-electron chi connectivity index (χ1n) is 9.16. The fraction of sp³-hybridized carbons (Fsp3) is 0.217. The zero-order chi connectivity index (χ0) is 21.0. The van der Waals surface area contributed by atoms with E-state index in [1.165, 1.54) is 19.2 Å². The number of esters is 1. The van der Waals surface area contributed by atoms with Crippen LogP contribution in [0.4, 0.5) is 4.39 Å². The molecule has 0 saturated heterocycles. The Kier molecular flexibility index (Phi) is 6.12. The lowest BCUT2D eigenvalue weighted by Crippen LogP contribution is -2.27. The predicted molar refractivity (Wildman–Crippen MR) is 108 cm³/mol. The van der Waals surface area contributed by atoms with Gasteiger partial charge < -0.3 is 14.4 Å². The van der Waals surface area contributed by atoms with Crippen molar-refractivity contribution < 1.29 is 23.5 Å². The maximum Gasteiger partial charge on any atom is 0.340 e. The van der Waals surface area contributed by atoms with E-state index >= 15 is 0 Å². The Morgan fingerprint density at radius 3 is 2.31 bits per heavy atom. The molecule has 0 aliphatic carbocycles. The number of hydrogen-bond donors (Lipinski definition) is 0. The van der Waals surface area contributed by atoms with Crippen LogP contribution in [0.25, 0.3) is 6.08 Å². The van der Waals surface area contributed by atoms with Gasteiger partial charge in [-0.1, -0.05) is 24.3 Å². The molecule has 1 amide bonds. The van der Waals surface area contributed by atoms with Gasteiger partial charge in [0.15, 0.2) is 0 Å². The Bertz CT molecular complexity index is 975. The number of amides is 1. The maximum absolute atomic E-state index is 13.2. The highest BCUT2D eigenvalue weighted by atomic mass is 19.1. The molecule has 3 rings (SSSR count). The molecule has 0 aromatic heterocycles. The molecule has 1 heterocycles. The van der Waals surface area contributed by atoms with Crippen LogP contribution in [0.5, 0.6) is 5.75 Å². The lowest BCUT2D eigenvalue weighted by molar-refractivity contribution is -0.136. The van der Waals surface area contributed by atoms with Crippen molar-refractivity contribution in [2.75, 3.05) is 20.8 Å². The van der Waals surface area contributed by atoms with E-state index in [2.05, 4.69) is 0 Å². The molecule has 1 aliphatic heterocycles. The van der Waals surface area contributed by atoms with Gasteiger partial charge in [0, 0.05) is 12.2 Å². The summed E-state index contributed by atoms with van der Waals surface area (Å²) in [5, 5.41) is 0. The van der Waals surface area contributed by atoms with Crippen LogP contribution < -0.4 is 4.74 Å². The SMILES string of the molecule is COC(=O)C1=C(C)N(CCc2ccc(OC)cc2)C(=O)C1=Cc1ccc(F)cc1. The van der Waals surface area contributed by atoms with Gasteiger partial charge in [-0.3, -0.25) is 4.79 Å². The Labute approximate surface area is 169 Å². The second kappa shape index (κ2) is 8.73. The minimum absolute atomic E-state index is 0.233. The van der Waals surface area contributed by atoms with E-state index in [0.29, 0.717) is 24.2 Å². The third-order valence-corrected chi connectivity index (χ3v) is 4.87. The summed E-state index contributed by atoms with van der Waals surface area (Å²) in [5.41, 5.74) is 2.69. The highest BCUT2D eigenvalue weighted by molar-refractivity contribution is 6.16. The van der Waals surface area contributed by atoms with Crippen LogP contribution in [-0.4, -0.2) is 37.5 Å². The van der Waals surface area contributed by atoms with Crippen molar-refractivity contribution in [3.8, 4) is 5.75 Å². The molecule has 2 aromatic rings. The minimum Gasteiger partial charge on any atom is -0.497 e. The van der Waals surface area contributed by atoms with Gasteiger partial charge in [-0.05, 0) is 54.8 Å². The number of methoxy groups -OCH3 is 2. The fourth-order valence-electron chi connectivity index (χ4n) is 3.26. The Morgan fingerprint density at radius 2 is 1.72 bits per heavy atom. The molecule has 0 radical (unpaired) electrons. The van der Waals surface area contributed by atoms with E-state index < -0.39 is 5.97 Å². The molecular weight excluding hydrogens is 373 g/mol. The molecule has 0 bridgehead atoms. The van der Waals surface area contributed by atoms with Crippen molar-refractivity contribution in [1.29, 1.82) is 0 Å². The van der Waals surface area contributed by atoms with Crippen LogP contribution in [0.2, 0.25) is 0 Å². The average Bonchev–Trinajstić information content (AvgIpc) is 2.97. The van der Waals surface area contributed by atoms with E-state index in [1.807, 2.05) is 24.3 Å². The second-order valence-corrected chi connectivity index (χ2v) is 6.62. The summed E-state index contributed by atoms with van der Waals surface area (Å²) >= 11 is 0. The van der Waals surface area contributed by atoms with Gasteiger partial charge in [-0.15, -0.1) is 0 Å². The van der Waals surface area contributed by atoms with Gasteiger partial charge in [-0.25, -0.2) is 9.18 Å². The number of allylic oxidation sites excluding steroid dienone is 1. The predicted octanol–water partition coefficient (Wildman–Crippen LogP) is 3.75. The second-order valence-electron chi connectivity index (χ2n) is 6.62. The van der Waals surface area contributed by atoms with Gasteiger partial charge in [0.1, 0.15) is 11.6 Å². The molecule has 6 heteroatoms. The zero-order valence-electron chi connectivity index (χ0n) is 16.6. The van der Waals surface area contributed by atoms with Gasteiger partial charge in [0.25, 0.3) is 5.91 Å². The number of carbonyl (C=O) groups is 2. The van der Waals surface area contributed by atoms with Crippen molar-refractivity contribution in [1.82, 2.24) is 4.90 Å². The average molecular weight is 395 g/mol. The molecule has 0 fully saturated rings. The highest BCUT2D eigenvalue weighted by Gasteiger charge is 2.36. The molecular formula is C23H22FNO4. The molecule has 2 aromatic carbocycles. The maximum atomic E-state index is 13.2. The molecule has 0 spiro atoms. The van der Waals surface area contributed by atoms with E-state index in [0.717, 1.165) is 11.3 Å². The molecule has 0 atom stereocenters. The number of hydrogen-bond acceptors (Lipinski definition) is 4. The van der Waals surface area contributed by atoms with Crippen molar-refractivity contribution in [3.63, 3.8) is 0 Å². The smallest absolute Gasteiger partial charge is 0.340 e. The first kappa shape index (κ1) is 20.3. The molecule has 150 valence electrons. The van der Waals surface area contributed by atoms with Crippen LogP contribution >= 0.6 is 0 Å². The van der Waals surface area contributed by atoms with E-state index in [9.17, 15) is 14.0 Å². The topological polar surface area (TPSA) is 55.8 Å². The van der Waals surface area contributed by atoms with Gasteiger partial charge in [-0.2, -0.15) is 0 Å². The number of carbonyl (C=O) groups excluding carboxylic acids is 2. The summed E-state index contributed by atoms with van der Waals surface area (Å²) in [6, 6.07) is 13.3. The first-order valence-corrected chi connectivity index (χ1v) is 9.16. The number of halogens is 1. The van der Waals surface area contributed by atoms with Crippen molar-refractivity contribution in [2.24, 2.45) is 0 Å². The Hall–Kier alpha value is -3.41. The number of nitrogens with zero attached hydrogens (tertiary/aromatic N) is 1. The lowest BCUT2D eigenvalue weighted by atomic mass is 10.0. The van der Waals surface area contributed by atoms with E-state index in [-0.39, 0.29) is 22.9 Å². The Morgan fingerprint density at radius 1 is 1.07 bits per heavy atom. The van der Waals surface area contributed by atoms with Crippen molar-refractivity contribution in [3.05, 3.63) is 82.3 Å². The quantitative estimate of drug-likeness (QED) is 0.552. The van der Waals surface area contributed by atoms with Gasteiger partial charge >= 0.3 is 5.97 Å². The summed E-state index contributed by atoms with van der Waals surface area (Å²) in [4.78, 5) is 27.0. The highest BCUT2D eigenvalue weighted by Crippen LogP contribution is 2.31. The first-order chi connectivity index (χ1) is 13.9. The van der Waals surface area contributed by atoms with E-state index in [1.54, 1.807) is 37.1 Å². The van der Waals surface area contributed by atoms with Crippen molar-refractivity contribution in [2.45, 2.75) is 13.3 Å². The zero-order valence-corrected chi connectivity index (χ0v) is 16.6. The fourth-order valence-corrected chi connectivity index (χ4v) is 3.26. The van der Waals surface area contributed by atoms with Crippen molar-refractivity contribution >= 4 is 18.0 Å². The van der Waals surface area contributed by atoms with Crippen LogP contribution in [0.15, 0.2) is 65.4 Å². The molecule has 5 nitrogen and oxygen atoms in total. The normalized spacial score (nSPS) is 15.2. The molecule has 0 unspecified atom stereocenters. The molecule has 0 N–H and O–H groups in total. The summed E-state index contributed by atoms with van der Waals surface area (Å²) < 4.78 is 23.2. The van der Waals surface area contributed by atoms with Crippen LogP contribution in [0.1, 0.15) is 18.1 Å². The Balaban J connectivity index is 1.87. The third-order valence-electron chi connectivity index (χ3n) is 4.87. The molecule has 1 aliphatic rings. The number of rotatable bonds is 6. The summed E-state index contributed by atoms with van der Waals surface area (Å²) in [6.07, 6.45) is 2.20.